The smallest absolute Gasteiger partial charge is 0.220 e. The number of rotatable bonds is 4. The second kappa shape index (κ2) is 5.85. The predicted molar refractivity (Wildman–Crippen MR) is 72.0 cm³/mol. The summed E-state index contributed by atoms with van der Waals surface area (Å²) < 4.78 is 0. The first-order valence-electron chi connectivity index (χ1n) is 6.20. The quantitative estimate of drug-likeness (QED) is 0.850. The van der Waals surface area contributed by atoms with E-state index in [0.717, 1.165) is 13.0 Å². The number of carbonyl (C=O) groups is 1. The highest BCUT2D eigenvalue weighted by molar-refractivity contribution is 5.76. The van der Waals surface area contributed by atoms with Gasteiger partial charge >= 0.3 is 0 Å². The molecule has 0 aliphatic carbocycles. The van der Waals surface area contributed by atoms with Gasteiger partial charge in [0.1, 0.15) is 0 Å². The molecule has 1 N–H and O–H groups in total. The Morgan fingerprint density at radius 3 is 2.47 bits per heavy atom. The molecule has 2 heteroatoms. The Bertz CT molecular complexity index is 377. The van der Waals surface area contributed by atoms with E-state index in [4.69, 9.17) is 0 Å². The third-order valence-corrected chi connectivity index (χ3v) is 2.70. The molecule has 0 aromatic heterocycles. The molecule has 0 fully saturated rings. The van der Waals surface area contributed by atoms with Crippen molar-refractivity contribution in [2.75, 3.05) is 6.54 Å². The third kappa shape index (κ3) is 5.53. The van der Waals surface area contributed by atoms with Crippen molar-refractivity contribution >= 4 is 5.91 Å². The molecule has 0 unspecified atom stereocenters. The van der Waals surface area contributed by atoms with Crippen LogP contribution in [0.25, 0.3) is 0 Å². The second-order valence-corrected chi connectivity index (χ2v) is 5.76. The minimum atomic E-state index is 0.142. The van der Waals surface area contributed by atoms with Crippen LogP contribution in [0.2, 0.25) is 0 Å². The van der Waals surface area contributed by atoms with Gasteiger partial charge in [-0.2, -0.15) is 0 Å². The maximum atomic E-state index is 11.7. The van der Waals surface area contributed by atoms with Crippen molar-refractivity contribution < 1.29 is 4.79 Å². The molecule has 0 bridgehead atoms. The normalized spacial score (nSPS) is 11.3. The summed E-state index contributed by atoms with van der Waals surface area (Å²) in [4.78, 5) is 11.7. The molecule has 17 heavy (non-hydrogen) atoms. The first-order valence-corrected chi connectivity index (χ1v) is 6.20. The van der Waals surface area contributed by atoms with E-state index in [1.807, 2.05) is 12.1 Å². The van der Waals surface area contributed by atoms with Crippen LogP contribution in [0.3, 0.4) is 0 Å². The molecular formula is C15H23NO. The largest absolute Gasteiger partial charge is 0.356 e. The standard InChI is InChI=1S/C15H23NO/c1-12-7-5-6-8-13(12)9-10-14(17)16-11-15(2,3)4/h5-8H,9-11H2,1-4H3,(H,16,17). The Balaban J connectivity index is 2.36. The van der Waals surface area contributed by atoms with Crippen molar-refractivity contribution in [3.8, 4) is 0 Å². The number of hydrogen-bond acceptors (Lipinski definition) is 1. The van der Waals surface area contributed by atoms with Gasteiger partial charge in [-0.1, -0.05) is 45.0 Å². The van der Waals surface area contributed by atoms with Gasteiger partial charge in [0.2, 0.25) is 5.91 Å². The minimum absolute atomic E-state index is 0.142. The zero-order chi connectivity index (χ0) is 12.9. The average molecular weight is 233 g/mol. The first-order chi connectivity index (χ1) is 7.88. The maximum Gasteiger partial charge on any atom is 0.220 e. The van der Waals surface area contributed by atoms with Gasteiger partial charge in [-0.3, -0.25) is 4.79 Å². The van der Waals surface area contributed by atoms with E-state index in [1.165, 1.54) is 11.1 Å². The van der Waals surface area contributed by atoms with Crippen LogP contribution >= 0.6 is 0 Å². The van der Waals surface area contributed by atoms with E-state index >= 15 is 0 Å². The van der Waals surface area contributed by atoms with Crippen LogP contribution in [0.15, 0.2) is 24.3 Å². The van der Waals surface area contributed by atoms with E-state index in [1.54, 1.807) is 0 Å². The van der Waals surface area contributed by atoms with Gasteiger partial charge in [0, 0.05) is 13.0 Å². The Labute approximate surface area is 104 Å². The maximum absolute atomic E-state index is 11.7. The molecule has 0 aliphatic heterocycles. The molecule has 0 saturated carbocycles. The van der Waals surface area contributed by atoms with Crippen molar-refractivity contribution in [3.63, 3.8) is 0 Å². The minimum Gasteiger partial charge on any atom is -0.356 e. The lowest BCUT2D eigenvalue weighted by molar-refractivity contribution is -0.121. The van der Waals surface area contributed by atoms with Crippen LogP contribution in [0.1, 0.15) is 38.3 Å². The van der Waals surface area contributed by atoms with Crippen molar-refractivity contribution in [3.05, 3.63) is 35.4 Å². The fourth-order valence-electron chi connectivity index (χ4n) is 1.59. The molecule has 0 aliphatic rings. The van der Waals surface area contributed by atoms with E-state index in [2.05, 4.69) is 45.1 Å². The molecule has 1 aromatic carbocycles. The molecule has 94 valence electrons. The summed E-state index contributed by atoms with van der Waals surface area (Å²) >= 11 is 0. The van der Waals surface area contributed by atoms with Gasteiger partial charge in [-0.05, 0) is 29.9 Å². The number of amides is 1. The van der Waals surface area contributed by atoms with E-state index in [-0.39, 0.29) is 11.3 Å². The van der Waals surface area contributed by atoms with Gasteiger partial charge in [-0.15, -0.1) is 0 Å². The van der Waals surface area contributed by atoms with Crippen molar-refractivity contribution in [1.29, 1.82) is 0 Å². The van der Waals surface area contributed by atoms with Crippen LogP contribution in [-0.2, 0) is 11.2 Å². The lowest BCUT2D eigenvalue weighted by Gasteiger charge is -2.18. The van der Waals surface area contributed by atoms with Gasteiger partial charge in [0.15, 0.2) is 0 Å². The molecule has 1 aromatic rings. The van der Waals surface area contributed by atoms with E-state index < -0.39 is 0 Å². The molecule has 1 rings (SSSR count). The molecule has 0 heterocycles. The molecule has 1 amide bonds. The second-order valence-electron chi connectivity index (χ2n) is 5.76. The molecule has 0 spiro atoms. The van der Waals surface area contributed by atoms with Crippen molar-refractivity contribution in [1.82, 2.24) is 5.32 Å². The van der Waals surface area contributed by atoms with Gasteiger partial charge in [0.05, 0.1) is 0 Å². The highest BCUT2D eigenvalue weighted by Gasteiger charge is 2.11. The van der Waals surface area contributed by atoms with Crippen LogP contribution in [0.5, 0.6) is 0 Å². The number of aryl methyl sites for hydroxylation is 2. The predicted octanol–water partition coefficient (Wildman–Crippen LogP) is 3.09. The third-order valence-electron chi connectivity index (χ3n) is 2.70. The summed E-state index contributed by atoms with van der Waals surface area (Å²) in [6.07, 6.45) is 1.39. The SMILES string of the molecule is Cc1ccccc1CCC(=O)NCC(C)(C)C. The lowest BCUT2D eigenvalue weighted by atomic mass is 9.97. The zero-order valence-corrected chi connectivity index (χ0v) is 11.3. The molecule has 0 radical (unpaired) electrons. The fourth-order valence-corrected chi connectivity index (χ4v) is 1.59. The average Bonchev–Trinajstić information content (AvgIpc) is 2.24. The summed E-state index contributed by atoms with van der Waals surface area (Å²) in [6, 6.07) is 8.22. The van der Waals surface area contributed by atoms with Crippen LogP contribution in [0, 0.1) is 12.3 Å². The van der Waals surface area contributed by atoms with Crippen LogP contribution in [-0.4, -0.2) is 12.5 Å². The lowest BCUT2D eigenvalue weighted by Crippen LogP contribution is -2.32. The van der Waals surface area contributed by atoms with Crippen molar-refractivity contribution in [2.24, 2.45) is 5.41 Å². The first kappa shape index (κ1) is 13.8. The fraction of sp³-hybridized carbons (Fsp3) is 0.533. The van der Waals surface area contributed by atoms with Crippen LogP contribution in [0.4, 0.5) is 0 Å². The van der Waals surface area contributed by atoms with Gasteiger partial charge in [0.25, 0.3) is 0 Å². The highest BCUT2D eigenvalue weighted by Crippen LogP contribution is 2.11. The number of benzene rings is 1. The summed E-state index contributed by atoms with van der Waals surface area (Å²) in [5.41, 5.74) is 2.67. The summed E-state index contributed by atoms with van der Waals surface area (Å²) in [5.74, 6) is 0.142. The Kier molecular flexibility index (Phi) is 4.73. The summed E-state index contributed by atoms with van der Waals surface area (Å²) in [7, 11) is 0. The number of carbonyl (C=O) groups excluding carboxylic acids is 1. The van der Waals surface area contributed by atoms with E-state index in [0.29, 0.717) is 6.42 Å². The number of nitrogens with one attached hydrogen (secondary N) is 1. The topological polar surface area (TPSA) is 29.1 Å². The molecule has 2 nitrogen and oxygen atoms in total. The highest BCUT2D eigenvalue weighted by atomic mass is 16.1. The Morgan fingerprint density at radius 2 is 1.88 bits per heavy atom. The summed E-state index contributed by atoms with van der Waals surface area (Å²) in [5, 5.41) is 2.97. The molecule has 0 atom stereocenters. The van der Waals surface area contributed by atoms with Gasteiger partial charge in [-0.25, -0.2) is 0 Å². The van der Waals surface area contributed by atoms with Crippen molar-refractivity contribution in [2.45, 2.75) is 40.5 Å². The monoisotopic (exact) mass is 233 g/mol. The number of hydrogen-bond donors (Lipinski definition) is 1. The van der Waals surface area contributed by atoms with Crippen LogP contribution < -0.4 is 5.32 Å². The van der Waals surface area contributed by atoms with Gasteiger partial charge < -0.3 is 5.32 Å². The molecular weight excluding hydrogens is 210 g/mol. The molecule has 0 saturated heterocycles. The zero-order valence-electron chi connectivity index (χ0n) is 11.3. The van der Waals surface area contributed by atoms with E-state index in [9.17, 15) is 4.79 Å². The Hall–Kier alpha value is -1.31. The Morgan fingerprint density at radius 1 is 1.24 bits per heavy atom. The summed E-state index contributed by atoms with van der Waals surface area (Å²) in [6.45, 7) is 9.18.